The molecule has 0 unspecified atom stereocenters. The lowest BCUT2D eigenvalue weighted by atomic mass is 9.93. The van der Waals surface area contributed by atoms with Crippen LogP contribution in [0.15, 0.2) is 48.5 Å². The zero-order valence-corrected chi connectivity index (χ0v) is 24.2. The molecule has 2 heterocycles. The van der Waals surface area contributed by atoms with Crippen LogP contribution < -0.4 is 15.8 Å². The van der Waals surface area contributed by atoms with Gasteiger partial charge in [0.25, 0.3) is 5.91 Å². The largest absolute Gasteiger partial charge is 0.491 e. The van der Waals surface area contributed by atoms with E-state index in [1.165, 1.54) is 30.3 Å². The summed E-state index contributed by atoms with van der Waals surface area (Å²) in [5, 5.41) is 13.9. The molecule has 4 aromatic rings. The second-order valence-electron chi connectivity index (χ2n) is 9.55. The minimum absolute atomic E-state index is 0.0369. The Balaban J connectivity index is 1.80. The topological polar surface area (TPSA) is 127 Å². The Labute approximate surface area is 252 Å². The molecular formula is C29H24Cl2F4N4O4. The van der Waals surface area contributed by atoms with Crippen LogP contribution in [0.25, 0.3) is 22.2 Å². The Morgan fingerprint density at radius 2 is 1.72 bits per heavy atom. The molecule has 0 aliphatic rings. The molecule has 43 heavy (non-hydrogen) atoms. The van der Waals surface area contributed by atoms with Crippen LogP contribution in [0.4, 0.5) is 17.6 Å². The Bertz CT molecular complexity index is 1720. The average molecular weight is 639 g/mol. The number of nitrogens with one attached hydrogen (secondary N) is 1. The number of benzene rings is 2. The van der Waals surface area contributed by atoms with Crippen molar-refractivity contribution in [2.75, 3.05) is 13.2 Å². The predicted molar refractivity (Wildman–Crippen MR) is 152 cm³/mol. The molecule has 0 bridgehead atoms. The van der Waals surface area contributed by atoms with Crippen molar-refractivity contribution in [3.8, 4) is 17.0 Å². The molecule has 0 fully saturated rings. The second kappa shape index (κ2) is 12.3. The molecule has 0 aliphatic heterocycles. The van der Waals surface area contributed by atoms with Gasteiger partial charge in [-0.15, -0.1) is 0 Å². The summed E-state index contributed by atoms with van der Waals surface area (Å²) in [5.41, 5.74) is 1.17. The van der Waals surface area contributed by atoms with Gasteiger partial charge in [0, 0.05) is 22.1 Å². The summed E-state index contributed by atoms with van der Waals surface area (Å²) in [4.78, 5) is 33.2. The number of rotatable bonds is 9. The van der Waals surface area contributed by atoms with Crippen molar-refractivity contribution in [3.05, 3.63) is 86.9 Å². The molecule has 0 spiro atoms. The maximum Gasteiger partial charge on any atom is 0.424 e. The maximum absolute atomic E-state index is 14.6. The van der Waals surface area contributed by atoms with Crippen molar-refractivity contribution in [1.82, 2.24) is 15.3 Å². The molecule has 226 valence electrons. The quantitative estimate of drug-likeness (QED) is 0.203. The summed E-state index contributed by atoms with van der Waals surface area (Å²) in [7, 11) is 0. The number of carbonyl (C=O) groups excluding carboxylic acids is 2. The molecular weight excluding hydrogens is 615 g/mol. The van der Waals surface area contributed by atoms with Gasteiger partial charge in [-0.25, -0.2) is 9.37 Å². The Morgan fingerprint density at radius 1 is 1.05 bits per heavy atom. The van der Waals surface area contributed by atoms with Gasteiger partial charge in [0.2, 0.25) is 11.5 Å². The third-order valence-corrected chi connectivity index (χ3v) is 7.15. The number of alkyl halides is 3. The number of aliphatic hydroxyl groups is 1. The number of hydrogen-bond donors (Lipinski definition) is 3. The van der Waals surface area contributed by atoms with Crippen LogP contribution in [0, 0.1) is 12.7 Å². The molecule has 8 nitrogen and oxygen atoms in total. The SMILES string of the molecule is CCOc1c(CC(N)=O)cc([C@@](O)(CNC(=O)c2cc(Cl)c3nc(C)c(Cl)cc3c2)C(F)(F)F)nc1-c1ccc(F)cc1. The number of nitrogens with zero attached hydrogens (tertiary/aromatic N) is 2. The summed E-state index contributed by atoms with van der Waals surface area (Å²) in [5.74, 6) is -2.58. The zero-order valence-electron chi connectivity index (χ0n) is 22.7. The summed E-state index contributed by atoms with van der Waals surface area (Å²) in [6, 6.07) is 9.52. The highest BCUT2D eigenvalue weighted by atomic mass is 35.5. The van der Waals surface area contributed by atoms with E-state index < -0.39 is 48.1 Å². The number of aryl methyl sites for hydroxylation is 1. The van der Waals surface area contributed by atoms with E-state index in [0.29, 0.717) is 16.6 Å². The van der Waals surface area contributed by atoms with Crippen LogP contribution in [0.1, 0.15) is 34.2 Å². The monoisotopic (exact) mass is 638 g/mol. The summed E-state index contributed by atoms with van der Waals surface area (Å²) >= 11 is 12.4. The van der Waals surface area contributed by atoms with Crippen LogP contribution in [-0.2, 0) is 16.8 Å². The first kappa shape index (κ1) is 31.9. The summed E-state index contributed by atoms with van der Waals surface area (Å²) in [6.45, 7) is 1.91. The van der Waals surface area contributed by atoms with Gasteiger partial charge in [-0.3, -0.25) is 14.6 Å². The lowest BCUT2D eigenvalue weighted by molar-refractivity contribution is -0.265. The fourth-order valence-corrected chi connectivity index (χ4v) is 4.74. The van der Waals surface area contributed by atoms with Crippen molar-refractivity contribution in [1.29, 1.82) is 0 Å². The van der Waals surface area contributed by atoms with Crippen LogP contribution in [0.2, 0.25) is 10.0 Å². The maximum atomic E-state index is 14.6. The minimum Gasteiger partial charge on any atom is -0.491 e. The van der Waals surface area contributed by atoms with Gasteiger partial charge in [0.1, 0.15) is 17.3 Å². The highest BCUT2D eigenvalue weighted by Gasteiger charge is 2.56. The van der Waals surface area contributed by atoms with Gasteiger partial charge in [-0.05, 0) is 62.4 Å². The standard InChI is InChI=1S/C29H24Cl2F4N4O4/c1-3-43-26-17(12-23(36)40)11-22(39-25(26)15-4-6-19(32)7-5-15)28(42,29(33,34)35)13-37-27(41)18-8-16-9-20(30)14(2)38-24(16)21(31)10-18/h4-11,42H,3,12-13H2,1-2H3,(H2,36,40)(H,37,41)/t28-/m0/s1. The van der Waals surface area contributed by atoms with E-state index in [-0.39, 0.29) is 44.8 Å². The number of amides is 2. The minimum atomic E-state index is -5.37. The molecule has 0 saturated heterocycles. The first-order chi connectivity index (χ1) is 20.1. The molecule has 4 N–H and O–H groups in total. The van der Waals surface area contributed by atoms with E-state index in [9.17, 15) is 32.3 Å². The number of nitrogens with two attached hydrogens (primary N) is 1. The normalized spacial score (nSPS) is 13.0. The van der Waals surface area contributed by atoms with Gasteiger partial charge >= 0.3 is 6.18 Å². The number of carbonyl (C=O) groups is 2. The number of primary amides is 1. The van der Waals surface area contributed by atoms with E-state index in [2.05, 4.69) is 15.3 Å². The third kappa shape index (κ3) is 6.66. The lowest BCUT2D eigenvalue weighted by Crippen LogP contribution is -2.51. The van der Waals surface area contributed by atoms with E-state index >= 15 is 0 Å². The van der Waals surface area contributed by atoms with Crippen molar-refractivity contribution < 1.29 is 37.0 Å². The zero-order chi connectivity index (χ0) is 31.7. The number of halogens is 6. The van der Waals surface area contributed by atoms with Gasteiger partial charge in [0.05, 0.1) is 46.5 Å². The van der Waals surface area contributed by atoms with E-state index in [4.69, 9.17) is 33.7 Å². The predicted octanol–water partition coefficient (Wildman–Crippen LogP) is 5.66. The fraction of sp³-hybridized carbons (Fsp3) is 0.241. The van der Waals surface area contributed by atoms with Crippen LogP contribution in [-0.4, -0.2) is 46.2 Å². The Morgan fingerprint density at radius 3 is 2.33 bits per heavy atom. The van der Waals surface area contributed by atoms with Gasteiger partial charge < -0.3 is 20.9 Å². The molecule has 4 rings (SSSR count). The van der Waals surface area contributed by atoms with Crippen LogP contribution >= 0.6 is 23.2 Å². The fourth-order valence-electron chi connectivity index (χ4n) is 4.31. The molecule has 2 amide bonds. The molecule has 0 saturated carbocycles. The van der Waals surface area contributed by atoms with E-state index in [1.807, 2.05) is 0 Å². The first-order valence-electron chi connectivity index (χ1n) is 12.7. The third-order valence-electron chi connectivity index (χ3n) is 6.48. The van der Waals surface area contributed by atoms with Crippen LogP contribution in [0.3, 0.4) is 0 Å². The molecule has 2 aromatic heterocycles. The summed E-state index contributed by atoms with van der Waals surface area (Å²) in [6.07, 6.45) is -5.94. The number of hydrogen-bond acceptors (Lipinski definition) is 6. The molecule has 0 aliphatic carbocycles. The lowest BCUT2D eigenvalue weighted by Gasteiger charge is -2.31. The highest BCUT2D eigenvalue weighted by molar-refractivity contribution is 6.36. The van der Waals surface area contributed by atoms with Crippen molar-refractivity contribution in [2.45, 2.75) is 32.0 Å². The Hall–Kier alpha value is -4.00. The van der Waals surface area contributed by atoms with Gasteiger partial charge in [-0.1, -0.05) is 23.2 Å². The number of aromatic nitrogens is 2. The Kier molecular flexibility index (Phi) is 9.14. The van der Waals surface area contributed by atoms with Crippen molar-refractivity contribution in [2.24, 2.45) is 5.73 Å². The van der Waals surface area contributed by atoms with Gasteiger partial charge in [0.15, 0.2) is 0 Å². The molecule has 1 atom stereocenters. The first-order valence-corrected chi connectivity index (χ1v) is 13.4. The smallest absolute Gasteiger partial charge is 0.424 e. The molecule has 2 aromatic carbocycles. The van der Waals surface area contributed by atoms with E-state index in [0.717, 1.165) is 18.2 Å². The molecule has 14 heteroatoms. The average Bonchev–Trinajstić information content (AvgIpc) is 2.93. The van der Waals surface area contributed by atoms with Crippen molar-refractivity contribution in [3.63, 3.8) is 0 Å². The summed E-state index contributed by atoms with van der Waals surface area (Å²) < 4.78 is 62.9. The second-order valence-corrected chi connectivity index (χ2v) is 10.4. The molecule has 0 radical (unpaired) electrons. The number of pyridine rings is 2. The number of fused-ring (bicyclic) bond motifs is 1. The van der Waals surface area contributed by atoms with Crippen molar-refractivity contribution >= 4 is 45.9 Å². The van der Waals surface area contributed by atoms with Gasteiger partial charge in [-0.2, -0.15) is 13.2 Å². The van der Waals surface area contributed by atoms with E-state index in [1.54, 1.807) is 13.8 Å². The van der Waals surface area contributed by atoms with Crippen LogP contribution in [0.5, 0.6) is 5.75 Å². The highest BCUT2D eigenvalue weighted by Crippen LogP contribution is 2.42. The number of ether oxygens (including phenoxy) is 1.